The Bertz CT molecular complexity index is 878. The summed E-state index contributed by atoms with van der Waals surface area (Å²) in [6, 6.07) is 18.6. The van der Waals surface area contributed by atoms with Crippen molar-refractivity contribution in [2.45, 2.75) is 17.9 Å². The van der Waals surface area contributed by atoms with Gasteiger partial charge in [0.15, 0.2) is 5.96 Å². The maximum Gasteiger partial charge on any atom is 0.238 e. The molecular formula is C24H34IN5OS. The number of nitrogens with zero attached hydrogens (tertiary/aromatic N) is 3. The molecule has 1 amide bonds. The van der Waals surface area contributed by atoms with Crippen molar-refractivity contribution in [3.05, 3.63) is 60.2 Å². The third-order valence-corrected chi connectivity index (χ3v) is 6.39. The molecule has 0 aliphatic carbocycles. The molecule has 2 aromatic carbocycles. The molecule has 0 bridgehead atoms. The van der Waals surface area contributed by atoms with Gasteiger partial charge in [-0.1, -0.05) is 30.3 Å². The Kier molecular flexibility index (Phi) is 11.3. The van der Waals surface area contributed by atoms with E-state index in [4.69, 9.17) is 0 Å². The SMILES string of the molecule is CN=C(NCc1cccc(NC(=O)CN(C)C)c1)N1CCC(CSc2ccccc2)C1.I. The first kappa shape index (κ1) is 26.5. The third-order valence-electron chi connectivity index (χ3n) is 5.15. The molecule has 1 heterocycles. The standard InChI is InChI=1S/C24H33N5OS.HI/c1-25-24(29-13-12-20(16-29)18-31-22-10-5-4-6-11-22)26-15-19-8-7-9-21(14-19)27-23(30)17-28(2)3;/h4-11,14,20H,12-13,15-18H2,1-3H3,(H,25,26)(H,27,30);1H. The van der Waals surface area contributed by atoms with Crippen LogP contribution in [0.4, 0.5) is 5.69 Å². The Morgan fingerprint density at radius 1 is 1.19 bits per heavy atom. The minimum Gasteiger partial charge on any atom is -0.352 e. The number of anilines is 1. The van der Waals surface area contributed by atoms with Crippen molar-refractivity contribution in [3.8, 4) is 0 Å². The number of thioether (sulfide) groups is 1. The second-order valence-corrected chi connectivity index (χ2v) is 9.21. The van der Waals surface area contributed by atoms with Crippen LogP contribution in [-0.2, 0) is 11.3 Å². The minimum absolute atomic E-state index is 0. The van der Waals surface area contributed by atoms with Crippen molar-refractivity contribution in [2.75, 3.05) is 51.8 Å². The Balaban J connectivity index is 0.00000363. The van der Waals surface area contributed by atoms with E-state index in [1.165, 1.54) is 11.3 Å². The molecule has 1 unspecified atom stereocenters. The van der Waals surface area contributed by atoms with Gasteiger partial charge in [0.1, 0.15) is 0 Å². The maximum atomic E-state index is 12.0. The highest BCUT2D eigenvalue weighted by Crippen LogP contribution is 2.26. The number of hydrogen-bond acceptors (Lipinski definition) is 4. The van der Waals surface area contributed by atoms with Crippen LogP contribution < -0.4 is 10.6 Å². The summed E-state index contributed by atoms with van der Waals surface area (Å²) in [5.41, 5.74) is 1.93. The van der Waals surface area contributed by atoms with E-state index in [1.807, 2.05) is 56.0 Å². The molecule has 174 valence electrons. The number of likely N-dealkylation sites (N-methyl/N-ethyl adjacent to an activating group) is 1. The molecule has 0 saturated carbocycles. The molecule has 1 aliphatic heterocycles. The lowest BCUT2D eigenvalue weighted by atomic mass is 10.2. The van der Waals surface area contributed by atoms with Crippen LogP contribution in [0.1, 0.15) is 12.0 Å². The fourth-order valence-corrected chi connectivity index (χ4v) is 4.70. The summed E-state index contributed by atoms with van der Waals surface area (Å²) in [5, 5.41) is 6.44. The molecule has 2 aromatic rings. The molecule has 0 radical (unpaired) electrons. The number of nitrogens with one attached hydrogen (secondary N) is 2. The summed E-state index contributed by atoms with van der Waals surface area (Å²) in [4.78, 5) is 22.0. The number of hydrogen-bond donors (Lipinski definition) is 2. The fourth-order valence-electron chi connectivity index (χ4n) is 3.65. The molecule has 1 saturated heterocycles. The number of carbonyl (C=O) groups excluding carboxylic acids is 1. The van der Waals surface area contributed by atoms with Crippen LogP contribution in [0.15, 0.2) is 64.5 Å². The van der Waals surface area contributed by atoms with Gasteiger partial charge in [0.25, 0.3) is 0 Å². The maximum absolute atomic E-state index is 12.0. The average Bonchev–Trinajstić information content (AvgIpc) is 3.22. The Hall–Kier alpha value is -1.78. The van der Waals surface area contributed by atoms with Gasteiger partial charge in [-0.25, -0.2) is 0 Å². The predicted molar refractivity (Wildman–Crippen MR) is 146 cm³/mol. The van der Waals surface area contributed by atoms with Crippen LogP contribution in [-0.4, -0.2) is 68.2 Å². The molecule has 2 N–H and O–H groups in total. The third kappa shape index (κ3) is 8.63. The molecule has 8 heteroatoms. The Morgan fingerprint density at radius 2 is 1.97 bits per heavy atom. The van der Waals surface area contributed by atoms with Crippen molar-refractivity contribution >= 4 is 53.3 Å². The number of likely N-dealkylation sites (tertiary alicyclic amines) is 1. The first-order valence-corrected chi connectivity index (χ1v) is 11.7. The molecule has 1 atom stereocenters. The van der Waals surface area contributed by atoms with Crippen LogP contribution in [0.3, 0.4) is 0 Å². The number of guanidine groups is 1. The molecule has 6 nitrogen and oxygen atoms in total. The summed E-state index contributed by atoms with van der Waals surface area (Å²) in [6.07, 6.45) is 1.19. The first-order chi connectivity index (χ1) is 15.0. The van der Waals surface area contributed by atoms with Crippen molar-refractivity contribution in [3.63, 3.8) is 0 Å². The molecule has 0 aromatic heterocycles. The van der Waals surface area contributed by atoms with Gasteiger partial charge in [-0.15, -0.1) is 35.7 Å². The molecule has 0 spiro atoms. The van der Waals surface area contributed by atoms with Crippen LogP contribution in [0.5, 0.6) is 0 Å². The van der Waals surface area contributed by atoms with Crippen molar-refractivity contribution in [2.24, 2.45) is 10.9 Å². The largest absolute Gasteiger partial charge is 0.352 e. The first-order valence-electron chi connectivity index (χ1n) is 10.7. The van der Waals surface area contributed by atoms with E-state index < -0.39 is 0 Å². The quantitative estimate of drug-likeness (QED) is 0.219. The van der Waals surface area contributed by atoms with E-state index in [-0.39, 0.29) is 29.9 Å². The molecule has 3 rings (SSSR count). The van der Waals surface area contributed by atoms with E-state index in [0.29, 0.717) is 19.0 Å². The van der Waals surface area contributed by atoms with Gasteiger partial charge in [0, 0.05) is 43.0 Å². The summed E-state index contributed by atoms with van der Waals surface area (Å²) in [6.45, 7) is 3.10. The van der Waals surface area contributed by atoms with Crippen LogP contribution in [0, 0.1) is 5.92 Å². The van der Waals surface area contributed by atoms with Gasteiger partial charge in [-0.05, 0) is 56.3 Å². The van der Waals surface area contributed by atoms with Gasteiger partial charge in [0.05, 0.1) is 6.54 Å². The monoisotopic (exact) mass is 567 g/mol. The van der Waals surface area contributed by atoms with Crippen molar-refractivity contribution in [1.82, 2.24) is 15.1 Å². The average molecular weight is 568 g/mol. The van der Waals surface area contributed by atoms with Gasteiger partial charge in [-0.2, -0.15) is 0 Å². The van der Waals surface area contributed by atoms with E-state index in [0.717, 1.165) is 36.1 Å². The lowest BCUT2D eigenvalue weighted by Gasteiger charge is -2.22. The summed E-state index contributed by atoms with van der Waals surface area (Å²) in [7, 11) is 5.61. The number of aliphatic imine (C=N–C) groups is 1. The highest BCUT2D eigenvalue weighted by Gasteiger charge is 2.24. The molecule has 1 aliphatic rings. The molecule has 1 fully saturated rings. The second-order valence-electron chi connectivity index (χ2n) is 8.11. The molecule has 32 heavy (non-hydrogen) atoms. The normalized spacial score (nSPS) is 16.1. The number of carbonyl (C=O) groups is 1. The summed E-state index contributed by atoms with van der Waals surface area (Å²) in [5.74, 6) is 2.72. The number of halogens is 1. The Morgan fingerprint density at radius 3 is 2.69 bits per heavy atom. The lowest BCUT2D eigenvalue weighted by molar-refractivity contribution is -0.116. The number of benzene rings is 2. The van der Waals surface area contributed by atoms with Crippen LogP contribution in [0.2, 0.25) is 0 Å². The van der Waals surface area contributed by atoms with E-state index in [9.17, 15) is 4.79 Å². The number of rotatable bonds is 8. The van der Waals surface area contributed by atoms with Gasteiger partial charge < -0.3 is 20.4 Å². The lowest BCUT2D eigenvalue weighted by Crippen LogP contribution is -2.39. The summed E-state index contributed by atoms with van der Waals surface area (Å²) < 4.78 is 0. The van der Waals surface area contributed by atoms with Gasteiger partial charge in [0.2, 0.25) is 5.91 Å². The second kappa shape index (κ2) is 13.7. The molecular weight excluding hydrogens is 533 g/mol. The predicted octanol–water partition coefficient (Wildman–Crippen LogP) is 3.99. The topological polar surface area (TPSA) is 60.0 Å². The Labute approximate surface area is 213 Å². The fraction of sp³-hybridized carbons (Fsp3) is 0.417. The minimum atomic E-state index is -0.0117. The van der Waals surface area contributed by atoms with Crippen LogP contribution >= 0.6 is 35.7 Å². The highest BCUT2D eigenvalue weighted by molar-refractivity contribution is 14.0. The van der Waals surface area contributed by atoms with E-state index in [1.54, 1.807) is 0 Å². The van der Waals surface area contributed by atoms with E-state index in [2.05, 4.69) is 56.9 Å². The van der Waals surface area contributed by atoms with Crippen molar-refractivity contribution < 1.29 is 4.79 Å². The zero-order valence-corrected chi connectivity index (χ0v) is 22.2. The highest BCUT2D eigenvalue weighted by atomic mass is 127. The summed E-state index contributed by atoms with van der Waals surface area (Å²) >= 11 is 1.93. The smallest absolute Gasteiger partial charge is 0.238 e. The van der Waals surface area contributed by atoms with Gasteiger partial charge in [-0.3, -0.25) is 9.79 Å². The zero-order valence-electron chi connectivity index (χ0n) is 19.1. The van der Waals surface area contributed by atoms with Gasteiger partial charge >= 0.3 is 0 Å². The van der Waals surface area contributed by atoms with Crippen LogP contribution in [0.25, 0.3) is 0 Å². The number of amides is 1. The van der Waals surface area contributed by atoms with Crippen molar-refractivity contribution in [1.29, 1.82) is 0 Å². The zero-order chi connectivity index (χ0) is 22.1. The van der Waals surface area contributed by atoms with E-state index >= 15 is 0 Å².